The third kappa shape index (κ3) is 9.13. The van der Waals surface area contributed by atoms with Gasteiger partial charge < -0.3 is 18.9 Å². The fourth-order valence-electron chi connectivity index (χ4n) is 6.18. The number of nitrogens with zero attached hydrogens (tertiary/aromatic N) is 3. The largest absolute Gasteiger partial charge is 0.383 e. The first kappa shape index (κ1) is 33.5. The standard InChI is InChI=1S/C17H32O.C12H21N3O6/c1-13-5-7-14(8-6-13)17(2,3)15-9-11-16(18-4)12-10-15;1-19-7-4-13-10(16)14(5-8-20-2)12(18)15(11(13)17)6-9-21-3/h13-16H,5-12H2,1-4H3;4-9H2,1-3H3. The Kier molecular flexibility index (Phi) is 14.2. The molecule has 0 unspecified atom stereocenters. The van der Waals surface area contributed by atoms with Crippen molar-refractivity contribution in [1.29, 1.82) is 0 Å². The van der Waals surface area contributed by atoms with Gasteiger partial charge in [0, 0.05) is 28.4 Å². The first-order valence-corrected chi connectivity index (χ1v) is 14.6. The molecule has 0 bridgehead atoms. The molecule has 3 rings (SSSR count). The van der Waals surface area contributed by atoms with Gasteiger partial charge in [0.05, 0.1) is 45.6 Å². The third-order valence-electron chi connectivity index (χ3n) is 9.07. The monoisotopic (exact) mass is 555 g/mol. The van der Waals surface area contributed by atoms with Gasteiger partial charge in [-0.2, -0.15) is 0 Å². The van der Waals surface area contributed by atoms with Gasteiger partial charge in [-0.25, -0.2) is 28.1 Å². The molecule has 0 amide bonds. The lowest BCUT2D eigenvalue weighted by Crippen LogP contribution is -2.55. The molecule has 2 aliphatic carbocycles. The topological polar surface area (TPSA) is 103 Å². The van der Waals surface area contributed by atoms with E-state index >= 15 is 0 Å². The van der Waals surface area contributed by atoms with Crippen molar-refractivity contribution in [3.8, 4) is 0 Å². The predicted octanol–water partition coefficient (Wildman–Crippen LogP) is 3.16. The molecule has 39 heavy (non-hydrogen) atoms. The minimum Gasteiger partial charge on any atom is -0.383 e. The summed E-state index contributed by atoms with van der Waals surface area (Å²) in [6.45, 7) is 8.34. The van der Waals surface area contributed by atoms with E-state index in [1.807, 2.05) is 7.11 Å². The van der Waals surface area contributed by atoms with Crippen LogP contribution in [-0.4, -0.2) is 68.1 Å². The van der Waals surface area contributed by atoms with Crippen molar-refractivity contribution in [2.24, 2.45) is 23.2 Å². The van der Waals surface area contributed by atoms with Gasteiger partial charge >= 0.3 is 17.1 Å². The average molecular weight is 556 g/mol. The number of ether oxygens (including phenoxy) is 4. The Hall–Kier alpha value is -1.75. The van der Waals surface area contributed by atoms with Crippen LogP contribution in [0.25, 0.3) is 0 Å². The second-order valence-corrected chi connectivity index (χ2v) is 11.8. The van der Waals surface area contributed by atoms with E-state index in [1.54, 1.807) is 0 Å². The Bertz CT molecular complexity index is 897. The van der Waals surface area contributed by atoms with Gasteiger partial charge in [0.15, 0.2) is 0 Å². The Morgan fingerprint density at radius 2 is 0.949 bits per heavy atom. The molecule has 0 saturated heterocycles. The van der Waals surface area contributed by atoms with E-state index in [9.17, 15) is 14.4 Å². The van der Waals surface area contributed by atoms with Crippen LogP contribution in [0.1, 0.15) is 72.1 Å². The highest BCUT2D eigenvalue weighted by Crippen LogP contribution is 2.49. The molecule has 1 aromatic heterocycles. The van der Waals surface area contributed by atoms with E-state index in [1.165, 1.54) is 72.7 Å². The van der Waals surface area contributed by atoms with Crippen LogP contribution >= 0.6 is 0 Å². The van der Waals surface area contributed by atoms with Crippen molar-refractivity contribution in [1.82, 2.24) is 13.7 Å². The maximum absolute atomic E-state index is 12.2. The lowest BCUT2D eigenvalue weighted by molar-refractivity contribution is 0.000903. The second-order valence-electron chi connectivity index (χ2n) is 11.8. The highest BCUT2D eigenvalue weighted by molar-refractivity contribution is 4.90. The molecule has 0 spiro atoms. The average Bonchev–Trinajstić information content (AvgIpc) is 2.93. The van der Waals surface area contributed by atoms with Crippen LogP contribution in [0.5, 0.6) is 0 Å². The highest BCUT2D eigenvalue weighted by Gasteiger charge is 2.39. The summed E-state index contributed by atoms with van der Waals surface area (Å²) in [5.41, 5.74) is -1.42. The molecule has 2 saturated carbocycles. The molecule has 0 aliphatic heterocycles. The van der Waals surface area contributed by atoms with Gasteiger partial charge in [0.1, 0.15) is 0 Å². The zero-order valence-corrected chi connectivity index (χ0v) is 25.4. The van der Waals surface area contributed by atoms with Gasteiger partial charge in [-0.05, 0) is 61.7 Å². The lowest BCUT2D eigenvalue weighted by Gasteiger charge is -2.46. The van der Waals surface area contributed by atoms with E-state index in [0.29, 0.717) is 11.5 Å². The summed E-state index contributed by atoms with van der Waals surface area (Å²) in [6, 6.07) is 0. The molecule has 1 aromatic rings. The maximum atomic E-state index is 12.2. The number of rotatable bonds is 12. The summed E-state index contributed by atoms with van der Waals surface area (Å²) in [7, 11) is 6.28. The molecule has 0 aromatic carbocycles. The minimum absolute atomic E-state index is 0.0778. The molecule has 2 aliphatic rings. The molecule has 10 nitrogen and oxygen atoms in total. The molecular formula is C29H53N3O7. The summed E-state index contributed by atoms with van der Waals surface area (Å²) in [6.07, 6.45) is 11.7. The summed E-state index contributed by atoms with van der Waals surface area (Å²) in [5, 5.41) is 0. The molecule has 10 heteroatoms. The van der Waals surface area contributed by atoms with Crippen molar-refractivity contribution in [2.45, 2.75) is 97.9 Å². The molecule has 2 fully saturated rings. The third-order valence-corrected chi connectivity index (χ3v) is 9.07. The number of methoxy groups -OCH3 is 4. The van der Waals surface area contributed by atoms with E-state index in [2.05, 4.69) is 20.8 Å². The quantitative estimate of drug-likeness (QED) is 0.390. The van der Waals surface area contributed by atoms with Crippen molar-refractivity contribution >= 4 is 0 Å². The maximum Gasteiger partial charge on any atom is 0.336 e. The van der Waals surface area contributed by atoms with E-state index in [4.69, 9.17) is 18.9 Å². The van der Waals surface area contributed by atoms with E-state index < -0.39 is 17.1 Å². The zero-order valence-electron chi connectivity index (χ0n) is 25.4. The summed E-state index contributed by atoms with van der Waals surface area (Å²) < 4.78 is 23.1. The predicted molar refractivity (Wildman–Crippen MR) is 153 cm³/mol. The normalized spacial score (nSPS) is 23.8. The molecular weight excluding hydrogens is 502 g/mol. The Morgan fingerprint density at radius 3 is 1.26 bits per heavy atom. The molecule has 0 atom stereocenters. The number of hydrogen-bond acceptors (Lipinski definition) is 7. The summed E-state index contributed by atoms with van der Waals surface area (Å²) in [5.74, 6) is 2.88. The zero-order chi connectivity index (χ0) is 29.0. The summed E-state index contributed by atoms with van der Waals surface area (Å²) in [4.78, 5) is 36.7. The SMILES string of the molecule is COC1CCC(C(C)(C)C2CCC(C)CC2)CC1.COCCn1c(=O)n(CCOC)c(=O)n(CCOC)c1=O. The van der Waals surface area contributed by atoms with Crippen LogP contribution in [0.2, 0.25) is 0 Å². The second kappa shape index (κ2) is 16.5. The van der Waals surface area contributed by atoms with Gasteiger partial charge in [-0.3, -0.25) is 0 Å². The van der Waals surface area contributed by atoms with E-state index in [-0.39, 0.29) is 39.5 Å². The molecule has 1 heterocycles. The van der Waals surface area contributed by atoms with Crippen LogP contribution in [0, 0.1) is 23.2 Å². The Morgan fingerprint density at radius 1 is 0.615 bits per heavy atom. The van der Waals surface area contributed by atoms with Crippen molar-refractivity contribution in [3.63, 3.8) is 0 Å². The first-order chi connectivity index (χ1) is 18.6. The van der Waals surface area contributed by atoms with Crippen molar-refractivity contribution in [2.75, 3.05) is 48.3 Å². The van der Waals surface area contributed by atoms with Crippen LogP contribution in [-0.2, 0) is 38.6 Å². The molecule has 0 N–H and O–H groups in total. The number of aromatic nitrogens is 3. The molecule has 0 radical (unpaired) electrons. The molecule has 226 valence electrons. The fraction of sp³-hybridized carbons (Fsp3) is 0.897. The van der Waals surface area contributed by atoms with E-state index in [0.717, 1.165) is 31.5 Å². The van der Waals surface area contributed by atoms with Crippen molar-refractivity contribution in [3.05, 3.63) is 31.5 Å². The van der Waals surface area contributed by atoms with Gasteiger partial charge in [-0.1, -0.05) is 33.6 Å². The lowest BCUT2D eigenvalue weighted by atomic mass is 9.60. The highest BCUT2D eigenvalue weighted by atomic mass is 16.5. The summed E-state index contributed by atoms with van der Waals surface area (Å²) >= 11 is 0. The Labute approximate surface area is 233 Å². The van der Waals surface area contributed by atoms with Crippen LogP contribution in [0.3, 0.4) is 0 Å². The minimum atomic E-state index is -0.659. The van der Waals surface area contributed by atoms with Gasteiger partial charge in [-0.15, -0.1) is 0 Å². The smallest absolute Gasteiger partial charge is 0.336 e. The first-order valence-electron chi connectivity index (χ1n) is 14.6. The van der Waals surface area contributed by atoms with Crippen LogP contribution in [0.15, 0.2) is 14.4 Å². The van der Waals surface area contributed by atoms with Gasteiger partial charge in [0.25, 0.3) is 0 Å². The van der Waals surface area contributed by atoms with Crippen LogP contribution in [0.4, 0.5) is 0 Å². The van der Waals surface area contributed by atoms with Crippen molar-refractivity contribution < 1.29 is 18.9 Å². The van der Waals surface area contributed by atoms with Crippen LogP contribution < -0.4 is 17.1 Å². The van der Waals surface area contributed by atoms with Gasteiger partial charge in [0.2, 0.25) is 0 Å². The number of hydrogen-bond donors (Lipinski definition) is 0. The fourth-order valence-corrected chi connectivity index (χ4v) is 6.18. The Balaban J connectivity index is 0.000000276.